The lowest BCUT2D eigenvalue weighted by molar-refractivity contribution is -0.129. The van der Waals surface area contributed by atoms with Crippen molar-refractivity contribution >= 4 is 28.4 Å². The molecule has 0 aliphatic carbocycles. The molecule has 3 rings (SSSR count). The lowest BCUT2D eigenvalue weighted by Gasteiger charge is -2.16. The number of hydrogen-bond donors (Lipinski definition) is 1. The van der Waals surface area contributed by atoms with Gasteiger partial charge in [-0.25, -0.2) is 0 Å². The second-order valence-corrected chi connectivity index (χ2v) is 6.22. The molecule has 1 amide bonds. The van der Waals surface area contributed by atoms with E-state index in [1.807, 2.05) is 37.6 Å². The van der Waals surface area contributed by atoms with Crippen LogP contribution in [-0.2, 0) is 24.3 Å². The summed E-state index contributed by atoms with van der Waals surface area (Å²) in [5.74, 6) is 0.0927. The van der Waals surface area contributed by atoms with Gasteiger partial charge in [0.05, 0.1) is 6.42 Å². The lowest BCUT2D eigenvalue weighted by Crippen LogP contribution is -2.27. The van der Waals surface area contributed by atoms with Crippen LogP contribution >= 0.6 is 11.6 Å². The number of aromatic amines is 1. The van der Waals surface area contributed by atoms with E-state index >= 15 is 0 Å². The van der Waals surface area contributed by atoms with Crippen molar-refractivity contribution in [3.63, 3.8) is 0 Å². The molecule has 0 spiro atoms. The van der Waals surface area contributed by atoms with Gasteiger partial charge in [0.1, 0.15) is 0 Å². The number of rotatable bonds is 5. The van der Waals surface area contributed by atoms with Crippen molar-refractivity contribution in [3.8, 4) is 0 Å². The van der Waals surface area contributed by atoms with Crippen LogP contribution < -0.4 is 0 Å². The van der Waals surface area contributed by atoms with E-state index in [1.54, 1.807) is 4.90 Å². The molecule has 3 aromatic rings. The van der Waals surface area contributed by atoms with Crippen LogP contribution in [0.4, 0.5) is 0 Å². The number of hydrogen-bond acceptors (Lipinski definition) is 1. The van der Waals surface area contributed by atoms with Gasteiger partial charge in [0.2, 0.25) is 5.91 Å². The van der Waals surface area contributed by atoms with E-state index in [0.29, 0.717) is 18.0 Å². The van der Waals surface area contributed by atoms with Gasteiger partial charge in [0, 0.05) is 54.7 Å². The summed E-state index contributed by atoms with van der Waals surface area (Å²) < 4.78 is 2.11. The van der Waals surface area contributed by atoms with E-state index in [-0.39, 0.29) is 5.91 Å². The summed E-state index contributed by atoms with van der Waals surface area (Å²) in [5.41, 5.74) is 3.12. The van der Waals surface area contributed by atoms with Gasteiger partial charge in [0.15, 0.2) is 0 Å². The van der Waals surface area contributed by atoms with Crippen LogP contribution in [0.5, 0.6) is 0 Å². The molecule has 1 N–H and O–H groups in total. The number of fused-ring (bicyclic) bond motifs is 1. The highest BCUT2D eigenvalue weighted by Gasteiger charge is 2.14. The molecule has 1 aromatic carbocycles. The molecule has 0 saturated heterocycles. The van der Waals surface area contributed by atoms with Crippen molar-refractivity contribution in [2.45, 2.75) is 26.4 Å². The molecule has 4 nitrogen and oxygen atoms in total. The summed E-state index contributed by atoms with van der Waals surface area (Å²) in [6, 6.07) is 7.73. The third kappa shape index (κ3) is 3.42. The van der Waals surface area contributed by atoms with Gasteiger partial charge >= 0.3 is 0 Å². The van der Waals surface area contributed by atoms with Gasteiger partial charge in [-0.2, -0.15) is 0 Å². The summed E-state index contributed by atoms with van der Waals surface area (Å²) >= 11 is 6.06. The summed E-state index contributed by atoms with van der Waals surface area (Å²) in [6.45, 7) is 3.66. The Morgan fingerprint density at radius 1 is 1.35 bits per heavy atom. The molecule has 0 unspecified atom stereocenters. The van der Waals surface area contributed by atoms with Gasteiger partial charge in [-0.15, -0.1) is 0 Å². The number of amides is 1. The Balaban J connectivity index is 1.71. The number of carbonyl (C=O) groups is 1. The number of H-pyrrole nitrogens is 1. The predicted molar refractivity (Wildman–Crippen MR) is 93.6 cm³/mol. The topological polar surface area (TPSA) is 41.0 Å². The van der Waals surface area contributed by atoms with E-state index in [4.69, 9.17) is 11.6 Å². The van der Waals surface area contributed by atoms with Crippen molar-refractivity contribution < 1.29 is 4.79 Å². The molecule has 23 heavy (non-hydrogen) atoms. The molecule has 0 fully saturated rings. The monoisotopic (exact) mass is 329 g/mol. The Labute approximate surface area is 140 Å². The molecule has 0 aliphatic heterocycles. The van der Waals surface area contributed by atoms with E-state index in [9.17, 15) is 4.79 Å². The zero-order chi connectivity index (χ0) is 16.4. The van der Waals surface area contributed by atoms with Gasteiger partial charge < -0.3 is 14.5 Å². The van der Waals surface area contributed by atoms with E-state index in [0.717, 1.165) is 28.6 Å². The minimum atomic E-state index is 0.0927. The minimum absolute atomic E-state index is 0.0927. The molecule has 0 aliphatic rings. The third-order valence-corrected chi connectivity index (χ3v) is 4.33. The number of aryl methyl sites for hydroxylation is 1. The average molecular weight is 330 g/mol. The number of nitrogens with one attached hydrogen (secondary N) is 1. The average Bonchev–Trinajstić information content (AvgIpc) is 3.14. The summed E-state index contributed by atoms with van der Waals surface area (Å²) in [4.78, 5) is 17.4. The maximum absolute atomic E-state index is 12.5. The minimum Gasteiger partial charge on any atom is -0.361 e. The first kappa shape index (κ1) is 15.7. The van der Waals surface area contributed by atoms with Crippen LogP contribution in [0.1, 0.15) is 18.1 Å². The maximum atomic E-state index is 12.5. The molecule has 2 aromatic heterocycles. The third-order valence-electron chi connectivity index (χ3n) is 4.09. The second-order valence-electron chi connectivity index (χ2n) is 5.78. The van der Waals surface area contributed by atoms with E-state index < -0.39 is 0 Å². The lowest BCUT2D eigenvalue weighted by atomic mass is 10.1. The Morgan fingerprint density at radius 2 is 2.17 bits per heavy atom. The summed E-state index contributed by atoms with van der Waals surface area (Å²) in [5, 5.41) is 1.69. The Hall–Kier alpha value is -2.20. The first-order valence-corrected chi connectivity index (χ1v) is 8.08. The van der Waals surface area contributed by atoms with Crippen molar-refractivity contribution in [1.29, 1.82) is 0 Å². The first-order chi connectivity index (χ1) is 11.1. The van der Waals surface area contributed by atoms with Crippen LogP contribution in [0.3, 0.4) is 0 Å². The molecule has 120 valence electrons. The van der Waals surface area contributed by atoms with Crippen molar-refractivity contribution in [2.24, 2.45) is 0 Å². The van der Waals surface area contributed by atoms with Gasteiger partial charge in [-0.1, -0.05) is 11.6 Å². The number of nitrogens with zero attached hydrogens (tertiary/aromatic N) is 2. The molecular formula is C18H20ClN3O. The molecule has 0 bridgehead atoms. The van der Waals surface area contributed by atoms with Gasteiger partial charge in [0.25, 0.3) is 0 Å². The highest BCUT2D eigenvalue weighted by atomic mass is 35.5. The van der Waals surface area contributed by atoms with Crippen molar-refractivity contribution in [1.82, 2.24) is 14.5 Å². The number of likely N-dealkylation sites (N-methyl/N-ethyl adjacent to an activating group) is 1. The fourth-order valence-electron chi connectivity index (χ4n) is 2.74. The predicted octanol–water partition coefficient (Wildman–Crippen LogP) is 3.84. The first-order valence-electron chi connectivity index (χ1n) is 7.71. The van der Waals surface area contributed by atoms with Crippen LogP contribution in [-0.4, -0.2) is 27.4 Å². The van der Waals surface area contributed by atoms with Crippen LogP contribution in [0.15, 0.2) is 42.9 Å². The maximum Gasteiger partial charge on any atom is 0.227 e. The second kappa shape index (κ2) is 6.50. The molecule has 0 saturated carbocycles. The highest BCUT2D eigenvalue weighted by Crippen LogP contribution is 2.23. The fraction of sp³-hybridized carbons (Fsp3) is 0.278. The largest absolute Gasteiger partial charge is 0.361 e. The molecule has 0 radical (unpaired) electrons. The molecule has 2 heterocycles. The van der Waals surface area contributed by atoms with Gasteiger partial charge in [-0.3, -0.25) is 4.79 Å². The van der Waals surface area contributed by atoms with E-state index in [1.165, 1.54) is 0 Å². The normalized spacial score (nSPS) is 11.1. The molecule has 0 atom stereocenters. The van der Waals surface area contributed by atoms with Crippen molar-refractivity contribution in [2.75, 3.05) is 7.05 Å². The SMILES string of the molecule is CCn1ccc(CN(C)C(=O)Cc2c[nH]c3ccc(Cl)cc23)c1. The standard InChI is InChI=1S/C18H20ClN3O/c1-3-22-7-6-13(12-22)11-21(2)18(23)8-14-10-20-17-5-4-15(19)9-16(14)17/h4-7,9-10,12,20H,3,8,11H2,1-2H3. The smallest absolute Gasteiger partial charge is 0.227 e. The highest BCUT2D eigenvalue weighted by molar-refractivity contribution is 6.31. The zero-order valence-corrected chi connectivity index (χ0v) is 14.1. The summed E-state index contributed by atoms with van der Waals surface area (Å²) in [7, 11) is 1.84. The number of benzene rings is 1. The van der Waals surface area contributed by atoms with Crippen LogP contribution in [0, 0.1) is 0 Å². The van der Waals surface area contributed by atoms with Crippen LogP contribution in [0.25, 0.3) is 10.9 Å². The Kier molecular flexibility index (Phi) is 4.44. The molecular weight excluding hydrogens is 310 g/mol. The zero-order valence-electron chi connectivity index (χ0n) is 13.3. The van der Waals surface area contributed by atoms with Gasteiger partial charge in [-0.05, 0) is 42.3 Å². The number of carbonyl (C=O) groups excluding carboxylic acids is 1. The Bertz CT molecular complexity index is 834. The fourth-order valence-corrected chi connectivity index (χ4v) is 2.91. The van der Waals surface area contributed by atoms with Crippen molar-refractivity contribution in [3.05, 3.63) is 59.0 Å². The van der Waals surface area contributed by atoms with E-state index in [2.05, 4.69) is 28.7 Å². The summed E-state index contributed by atoms with van der Waals surface area (Å²) in [6.07, 6.45) is 6.37. The quantitative estimate of drug-likeness (QED) is 0.759. The number of halogens is 1. The number of aromatic nitrogens is 2. The van der Waals surface area contributed by atoms with Crippen LogP contribution in [0.2, 0.25) is 5.02 Å². The Morgan fingerprint density at radius 3 is 2.91 bits per heavy atom. The molecule has 5 heteroatoms.